The summed E-state index contributed by atoms with van der Waals surface area (Å²) in [5, 5.41) is 13.7. The first-order valence-corrected chi connectivity index (χ1v) is 7.72. The van der Waals surface area contributed by atoms with Gasteiger partial charge in [0.1, 0.15) is 11.5 Å². The van der Waals surface area contributed by atoms with Gasteiger partial charge in [0.15, 0.2) is 0 Å². The van der Waals surface area contributed by atoms with Gasteiger partial charge < -0.3 is 19.9 Å². The molecule has 0 aliphatic carbocycles. The predicted octanol–water partition coefficient (Wildman–Crippen LogP) is 3.14. The third-order valence-corrected chi connectivity index (χ3v) is 3.95. The van der Waals surface area contributed by atoms with Gasteiger partial charge in [-0.05, 0) is 43.2 Å². The Balaban J connectivity index is 2.00. The molecule has 1 atom stereocenters. The van der Waals surface area contributed by atoms with Crippen LogP contribution in [0.5, 0.6) is 11.5 Å². The van der Waals surface area contributed by atoms with Gasteiger partial charge >= 0.3 is 0 Å². The molecule has 0 bridgehead atoms. The van der Waals surface area contributed by atoms with Gasteiger partial charge in [-0.2, -0.15) is 0 Å². The number of ether oxygens (including phenoxy) is 2. The molecule has 0 amide bonds. The van der Waals surface area contributed by atoms with Crippen molar-refractivity contribution in [3.63, 3.8) is 0 Å². The Morgan fingerprint density at radius 3 is 2.48 bits per heavy atom. The highest BCUT2D eigenvalue weighted by molar-refractivity contribution is 5.41. The van der Waals surface area contributed by atoms with E-state index < -0.39 is 6.10 Å². The van der Waals surface area contributed by atoms with Crippen molar-refractivity contribution in [3.05, 3.63) is 58.7 Å². The van der Waals surface area contributed by atoms with Gasteiger partial charge in [-0.1, -0.05) is 23.8 Å². The van der Waals surface area contributed by atoms with Crippen LogP contribution in [0.25, 0.3) is 0 Å². The summed E-state index contributed by atoms with van der Waals surface area (Å²) in [4.78, 5) is 0. The topological polar surface area (TPSA) is 50.7 Å². The number of aryl methyl sites for hydroxylation is 2. The zero-order valence-corrected chi connectivity index (χ0v) is 14.2. The maximum absolute atomic E-state index is 10.4. The van der Waals surface area contributed by atoms with E-state index in [0.29, 0.717) is 18.0 Å². The smallest absolute Gasteiger partial charge is 0.124 e. The van der Waals surface area contributed by atoms with Crippen molar-refractivity contribution in [3.8, 4) is 11.5 Å². The Morgan fingerprint density at radius 1 is 1.04 bits per heavy atom. The molecule has 2 N–H and O–H groups in total. The van der Waals surface area contributed by atoms with Crippen LogP contribution in [0, 0.1) is 13.8 Å². The minimum atomic E-state index is -0.661. The minimum Gasteiger partial charge on any atom is -0.497 e. The summed E-state index contributed by atoms with van der Waals surface area (Å²) in [6, 6.07) is 11.8. The predicted molar refractivity (Wildman–Crippen MR) is 92.1 cm³/mol. The molecule has 0 radical (unpaired) electrons. The molecule has 0 saturated heterocycles. The summed E-state index contributed by atoms with van der Waals surface area (Å²) in [6.45, 7) is 5.35. The van der Waals surface area contributed by atoms with Gasteiger partial charge in [0.2, 0.25) is 0 Å². The first-order valence-electron chi connectivity index (χ1n) is 7.72. The molecule has 0 spiro atoms. The van der Waals surface area contributed by atoms with Crippen LogP contribution in [0.15, 0.2) is 36.4 Å². The number of nitrogens with one attached hydrogen (secondary N) is 1. The Bertz CT molecular complexity index is 655. The molecule has 2 aromatic carbocycles. The van der Waals surface area contributed by atoms with Gasteiger partial charge in [0.05, 0.1) is 20.3 Å². The molecule has 0 fully saturated rings. The lowest BCUT2D eigenvalue weighted by Gasteiger charge is -2.17. The molecule has 124 valence electrons. The van der Waals surface area contributed by atoms with Crippen LogP contribution in [0.1, 0.15) is 28.4 Å². The molecule has 0 heterocycles. The molecule has 4 heteroatoms. The van der Waals surface area contributed by atoms with E-state index in [-0.39, 0.29) is 0 Å². The SMILES string of the molecule is COc1ccc(OC)c(C(O)CNCc2ccc(C)cc2C)c1. The van der Waals surface area contributed by atoms with Crippen LogP contribution < -0.4 is 14.8 Å². The molecule has 0 aliphatic rings. The van der Waals surface area contributed by atoms with Crippen molar-refractivity contribution in [1.82, 2.24) is 5.32 Å². The number of hydrogen-bond acceptors (Lipinski definition) is 4. The third kappa shape index (κ3) is 4.47. The Kier molecular flexibility index (Phi) is 6.02. The van der Waals surface area contributed by atoms with E-state index >= 15 is 0 Å². The first-order chi connectivity index (χ1) is 11.0. The van der Waals surface area contributed by atoms with E-state index in [2.05, 4.69) is 37.4 Å². The van der Waals surface area contributed by atoms with Crippen molar-refractivity contribution in [1.29, 1.82) is 0 Å². The molecule has 1 unspecified atom stereocenters. The highest BCUT2D eigenvalue weighted by Crippen LogP contribution is 2.29. The number of aliphatic hydroxyl groups is 1. The van der Waals surface area contributed by atoms with Crippen LogP contribution in [-0.2, 0) is 6.54 Å². The summed E-state index contributed by atoms with van der Waals surface area (Å²) in [7, 11) is 3.21. The number of aliphatic hydroxyl groups excluding tert-OH is 1. The van der Waals surface area contributed by atoms with Crippen molar-refractivity contribution in [2.24, 2.45) is 0 Å². The van der Waals surface area contributed by atoms with E-state index in [1.807, 2.05) is 18.2 Å². The number of rotatable bonds is 7. The van der Waals surface area contributed by atoms with Crippen LogP contribution >= 0.6 is 0 Å². The van der Waals surface area contributed by atoms with Crippen molar-refractivity contribution in [2.45, 2.75) is 26.5 Å². The van der Waals surface area contributed by atoms with E-state index in [1.165, 1.54) is 16.7 Å². The summed E-state index contributed by atoms with van der Waals surface area (Å²) >= 11 is 0. The average Bonchev–Trinajstić information content (AvgIpc) is 2.56. The van der Waals surface area contributed by atoms with Gasteiger partial charge in [0, 0.05) is 18.7 Å². The maximum atomic E-state index is 10.4. The Labute approximate surface area is 138 Å². The zero-order valence-electron chi connectivity index (χ0n) is 14.2. The molecule has 2 aromatic rings. The number of benzene rings is 2. The first kappa shape index (κ1) is 17.3. The minimum absolute atomic E-state index is 0.441. The number of methoxy groups -OCH3 is 2. The van der Waals surface area contributed by atoms with E-state index in [0.717, 1.165) is 12.1 Å². The van der Waals surface area contributed by atoms with Crippen LogP contribution in [0.2, 0.25) is 0 Å². The lowest BCUT2D eigenvalue weighted by atomic mass is 10.1. The summed E-state index contributed by atoms with van der Waals surface area (Å²) in [6.07, 6.45) is -0.661. The quantitative estimate of drug-likeness (QED) is 0.824. The lowest BCUT2D eigenvalue weighted by Crippen LogP contribution is -2.22. The summed E-state index contributed by atoms with van der Waals surface area (Å²) in [5.41, 5.74) is 4.47. The Morgan fingerprint density at radius 2 is 1.83 bits per heavy atom. The fraction of sp³-hybridized carbons (Fsp3) is 0.368. The fourth-order valence-corrected chi connectivity index (χ4v) is 2.60. The van der Waals surface area contributed by atoms with E-state index in [9.17, 15) is 5.11 Å². The van der Waals surface area contributed by atoms with Gasteiger partial charge in [-0.25, -0.2) is 0 Å². The summed E-state index contributed by atoms with van der Waals surface area (Å²) < 4.78 is 10.5. The maximum Gasteiger partial charge on any atom is 0.124 e. The molecular formula is C19H25NO3. The second-order valence-corrected chi connectivity index (χ2v) is 5.68. The molecule has 0 aromatic heterocycles. The van der Waals surface area contributed by atoms with Gasteiger partial charge in [-0.15, -0.1) is 0 Å². The number of hydrogen-bond donors (Lipinski definition) is 2. The van der Waals surface area contributed by atoms with Crippen LogP contribution in [-0.4, -0.2) is 25.9 Å². The van der Waals surface area contributed by atoms with Gasteiger partial charge in [0.25, 0.3) is 0 Å². The van der Waals surface area contributed by atoms with Crippen LogP contribution in [0.3, 0.4) is 0 Å². The third-order valence-electron chi connectivity index (χ3n) is 3.95. The molecule has 2 rings (SSSR count). The summed E-state index contributed by atoms with van der Waals surface area (Å²) in [5.74, 6) is 1.36. The van der Waals surface area contributed by atoms with Crippen molar-refractivity contribution < 1.29 is 14.6 Å². The highest BCUT2D eigenvalue weighted by atomic mass is 16.5. The molecule has 0 aliphatic heterocycles. The monoisotopic (exact) mass is 315 g/mol. The van der Waals surface area contributed by atoms with E-state index in [1.54, 1.807) is 14.2 Å². The fourth-order valence-electron chi connectivity index (χ4n) is 2.60. The molecule has 23 heavy (non-hydrogen) atoms. The lowest BCUT2D eigenvalue weighted by molar-refractivity contribution is 0.169. The standard InChI is InChI=1S/C19H25NO3/c1-13-5-6-15(14(2)9-13)11-20-12-18(21)17-10-16(22-3)7-8-19(17)23-4/h5-10,18,20-21H,11-12H2,1-4H3. The zero-order chi connectivity index (χ0) is 16.8. The highest BCUT2D eigenvalue weighted by Gasteiger charge is 2.14. The largest absolute Gasteiger partial charge is 0.497 e. The Hall–Kier alpha value is -2.04. The van der Waals surface area contributed by atoms with Gasteiger partial charge in [-0.3, -0.25) is 0 Å². The van der Waals surface area contributed by atoms with E-state index in [4.69, 9.17) is 9.47 Å². The van der Waals surface area contributed by atoms with Crippen molar-refractivity contribution >= 4 is 0 Å². The molecular weight excluding hydrogens is 290 g/mol. The van der Waals surface area contributed by atoms with Crippen LogP contribution in [0.4, 0.5) is 0 Å². The average molecular weight is 315 g/mol. The van der Waals surface area contributed by atoms with Crippen molar-refractivity contribution in [2.75, 3.05) is 20.8 Å². The molecule has 0 saturated carbocycles. The second kappa shape index (κ2) is 7.99. The normalized spacial score (nSPS) is 12.0. The second-order valence-electron chi connectivity index (χ2n) is 5.68. The molecule has 4 nitrogen and oxygen atoms in total.